The van der Waals surface area contributed by atoms with E-state index in [1.165, 1.54) is 0 Å². The third-order valence-corrected chi connectivity index (χ3v) is 3.74. The van der Waals surface area contributed by atoms with E-state index in [9.17, 15) is 14.4 Å². The lowest BCUT2D eigenvalue weighted by Gasteiger charge is -2.16. The largest absolute Gasteiger partial charge is 0.477 e. The Morgan fingerprint density at radius 3 is 2.45 bits per heavy atom. The standard InChI is InChI=1S/C13H17N3O4/c1-6-9(7(2)15-10(6)13(19)20)12(18)16-4-3-8(5-16)11(14)17/h8,15H,3-5H2,1-2H3,(H2,14,17)(H,19,20). The Labute approximate surface area is 115 Å². The minimum atomic E-state index is -1.10. The number of rotatable bonds is 3. The maximum atomic E-state index is 12.5. The number of primary amides is 1. The fraction of sp³-hybridized carbons (Fsp3) is 0.462. The Balaban J connectivity index is 2.27. The second-order valence-electron chi connectivity index (χ2n) is 5.07. The first-order valence-electron chi connectivity index (χ1n) is 6.34. The number of carbonyl (C=O) groups is 3. The number of H-pyrrole nitrogens is 1. The van der Waals surface area contributed by atoms with Crippen molar-refractivity contribution in [3.8, 4) is 0 Å². The highest BCUT2D eigenvalue weighted by Gasteiger charge is 2.32. The van der Waals surface area contributed by atoms with Gasteiger partial charge in [0.1, 0.15) is 5.69 Å². The van der Waals surface area contributed by atoms with Gasteiger partial charge in [0.05, 0.1) is 11.5 Å². The van der Waals surface area contributed by atoms with Crippen LogP contribution >= 0.6 is 0 Å². The molecule has 1 atom stereocenters. The van der Waals surface area contributed by atoms with Crippen molar-refractivity contribution in [1.29, 1.82) is 0 Å². The van der Waals surface area contributed by atoms with Crippen LogP contribution in [0.5, 0.6) is 0 Å². The first kappa shape index (κ1) is 14.1. The number of aryl methyl sites for hydroxylation is 1. The van der Waals surface area contributed by atoms with Gasteiger partial charge in [0.2, 0.25) is 5.91 Å². The van der Waals surface area contributed by atoms with E-state index in [-0.39, 0.29) is 17.5 Å². The summed E-state index contributed by atoms with van der Waals surface area (Å²) >= 11 is 0. The van der Waals surface area contributed by atoms with Crippen molar-refractivity contribution in [2.75, 3.05) is 13.1 Å². The number of carboxylic acids is 1. The number of likely N-dealkylation sites (tertiary alicyclic amines) is 1. The maximum absolute atomic E-state index is 12.5. The van der Waals surface area contributed by atoms with Gasteiger partial charge >= 0.3 is 5.97 Å². The lowest BCUT2D eigenvalue weighted by molar-refractivity contribution is -0.121. The van der Waals surface area contributed by atoms with Crippen LogP contribution in [0.25, 0.3) is 0 Å². The van der Waals surface area contributed by atoms with Gasteiger partial charge in [0.25, 0.3) is 5.91 Å². The van der Waals surface area contributed by atoms with Crippen molar-refractivity contribution in [3.63, 3.8) is 0 Å². The van der Waals surface area contributed by atoms with Crippen LogP contribution < -0.4 is 5.73 Å². The monoisotopic (exact) mass is 279 g/mol. The number of carboxylic acid groups (broad SMARTS) is 1. The fourth-order valence-electron chi connectivity index (χ4n) is 2.62. The Morgan fingerprint density at radius 2 is 2.00 bits per heavy atom. The van der Waals surface area contributed by atoms with E-state index in [4.69, 9.17) is 10.8 Å². The van der Waals surface area contributed by atoms with Gasteiger partial charge < -0.3 is 20.7 Å². The fourth-order valence-corrected chi connectivity index (χ4v) is 2.62. The van der Waals surface area contributed by atoms with E-state index >= 15 is 0 Å². The summed E-state index contributed by atoms with van der Waals surface area (Å²) in [6, 6.07) is 0. The molecule has 0 bridgehead atoms. The van der Waals surface area contributed by atoms with Crippen LogP contribution in [-0.4, -0.2) is 45.9 Å². The van der Waals surface area contributed by atoms with Crippen molar-refractivity contribution < 1.29 is 19.5 Å². The molecule has 4 N–H and O–H groups in total. The summed E-state index contributed by atoms with van der Waals surface area (Å²) in [4.78, 5) is 38.9. The highest BCUT2D eigenvalue weighted by Crippen LogP contribution is 2.23. The molecule has 7 heteroatoms. The first-order valence-corrected chi connectivity index (χ1v) is 6.34. The first-order chi connectivity index (χ1) is 9.32. The van der Waals surface area contributed by atoms with Crippen LogP contribution in [0, 0.1) is 19.8 Å². The normalized spacial score (nSPS) is 18.3. The third kappa shape index (κ3) is 2.26. The van der Waals surface area contributed by atoms with E-state index in [1.807, 2.05) is 0 Å². The number of aromatic carboxylic acids is 1. The number of aromatic amines is 1. The number of amides is 2. The zero-order chi connectivity index (χ0) is 15.0. The minimum absolute atomic E-state index is 0.0245. The molecule has 7 nitrogen and oxygen atoms in total. The van der Waals surface area contributed by atoms with Gasteiger partial charge in [-0.05, 0) is 25.8 Å². The maximum Gasteiger partial charge on any atom is 0.352 e. The topological polar surface area (TPSA) is 116 Å². The van der Waals surface area contributed by atoms with Gasteiger partial charge in [-0.3, -0.25) is 9.59 Å². The zero-order valence-electron chi connectivity index (χ0n) is 11.4. The van der Waals surface area contributed by atoms with Gasteiger partial charge in [0, 0.05) is 18.8 Å². The smallest absolute Gasteiger partial charge is 0.352 e. The number of nitrogens with two attached hydrogens (primary N) is 1. The van der Waals surface area contributed by atoms with E-state index in [0.717, 1.165) is 0 Å². The molecule has 1 aromatic rings. The van der Waals surface area contributed by atoms with Crippen molar-refractivity contribution >= 4 is 17.8 Å². The number of nitrogens with one attached hydrogen (secondary N) is 1. The van der Waals surface area contributed by atoms with Crippen LogP contribution in [0.1, 0.15) is 38.5 Å². The predicted molar refractivity (Wildman–Crippen MR) is 70.4 cm³/mol. The molecule has 1 aromatic heterocycles. The molecule has 2 heterocycles. The number of aromatic nitrogens is 1. The van der Waals surface area contributed by atoms with E-state index in [0.29, 0.717) is 36.3 Å². The molecule has 2 rings (SSSR count). The van der Waals surface area contributed by atoms with E-state index < -0.39 is 11.9 Å². The Morgan fingerprint density at radius 1 is 1.35 bits per heavy atom. The third-order valence-electron chi connectivity index (χ3n) is 3.74. The SMILES string of the molecule is Cc1[nH]c(C(=O)O)c(C)c1C(=O)N1CCC(C(N)=O)C1. The molecule has 0 aliphatic carbocycles. The van der Waals surface area contributed by atoms with Crippen molar-refractivity contribution in [3.05, 3.63) is 22.5 Å². The molecule has 1 aliphatic heterocycles. The van der Waals surface area contributed by atoms with Crippen LogP contribution in [0.15, 0.2) is 0 Å². The van der Waals surface area contributed by atoms with Crippen LogP contribution in [-0.2, 0) is 4.79 Å². The Hall–Kier alpha value is -2.31. The summed E-state index contributed by atoms with van der Waals surface area (Å²) in [7, 11) is 0. The minimum Gasteiger partial charge on any atom is -0.477 e. The average Bonchev–Trinajstić information content (AvgIpc) is 2.94. The summed E-state index contributed by atoms with van der Waals surface area (Å²) in [5.74, 6) is -2.08. The Kier molecular flexibility index (Phi) is 3.52. The molecule has 0 radical (unpaired) electrons. The van der Waals surface area contributed by atoms with Crippen molar-refractivity contribution in [2.45, 2.75) is 20.3 Å². The van der Waals surface area contributed by atoms with Crippen LogP contribution in [0.2, 0.25) is 0 Å². The lowest BCUT2D eigenvalue weighted by atomic mass is 10.1. The molecule has 0 spiro atoms. The van der Waals surface area contributed by atoms with Gasteiger partial charge in [-0.2, -0.15) is 0 Å². The zero-order valence-corrected chi connectivity index (χ0v) is 11.4. The molecule has 2 amide bonds. The summed E-state index contributed by atoms with van der Waals surface area (Å²) < 4.78 is 0. The summed E-state index contributed by atoms with van der Waals surface area (Å²) in [5.41, 5.74) is 6.57. The highest BCUT2D eigenvalue weighted by molar-refractivity contribution is 6.01. The molecule has 1 saturated heterocycles. The van der Waals surface area contributed by atoms with Crippen molar-refractivity contribution in [1.82, 2.24) is 9.88 Å². The second-order valence-corrected chi connectivity index (χ2v) is 5.07. The summed E-state index contributed by atoms with van der Waals surface area (Å²) in [6.45, 7) is 4.01. The molecular weight excluding hydrogens is 262 g/mol. The predicted octanol–water partition coefficient (Wildman–Crippen LogP) is 0.277. The van der Waals surface area contributed by atoms with Gasteiger partial charge in [-0.25, -0.2) is 4.79 Å². The van der Waals surface area contributed by atoms with E-state index in [2.05, 4.69) is 4.98 Å². The van der Waals surface area contributed by atoms with Crippen molar-refractivity contribution in [2.24, 2.45) is 11.7 Å². The Bertz CT molecular complexity index is 591. The average molecular weight is 279 g/mol. The number of nitrogens with zero attached hydrogens (tertiary/aromatic N) is 1. The molecule has 108 valence electrons. The number of hydrogen-bond donors (Lipinski definition) is 3. The van der Waals surface area contributed by atoms with Crippen LogP contribution in [0.4, 0.5) is 0 Å². The lowest BCUT2D eigenvalue weighted by Crippen LogP contribution is -2.32. The summed E-state index contributed by atoms with van der Waals surface area (Å²) in [5, 5.41) is 9.05. The number of hydrogen-bond acceptors (Lipinski definition) is 3. The molecule has 1 fully saturated rings. The van der Waals surface area contributed by atoms with E-state index in [1.54, 1.807) is 18.7 Å². The number of carbonyl (C=O) groups excluding carboxylic acids is 2. The quantitative estimate of drug-likeness (QED) is 0.736. The molecule has 1 aliphatic rings. The van der Waals surface area contributed by atoms with Gasteiger partial charge in [-0.15, -0.1) is 0 Å². The molecule has 0 saturated carbocycles. The molecule has 1 unspecified atom stereocenters. The van der Waals surface area contributed by atoms with Gasteiger partial charge in [0.15, 0.2) is 0 Å². The molecule has 0 aromatic carbocycles. The van der Waals surface area contributed by atoms with Crippen LogP contribution in [0.3, 0.4) is 0 Å². The molecule has 20 heavy (non-hydrogen) atoms. The second kappa shape index (κ2) is 4.99. The summed E-state index contributed by atoms with van der Waals surface area (Å²) in [6.07, 6.45) is 0.551. The molecular formula is C13H17N3O4. The van der Waals surface area contributed by atoms with Gasteiger partial charge in [-0.1, -0.05) is 0 Å². The highest BCUT2D eigenvalue weighted by atomic mass is 16.4.